The Morgan fingerprint density at radius 1 is 0.400 bits per heavy atom. The predicted molar refractivity (Wildman–Crippen MR) is 151 cm³/mol. The first kappa shape index (κ1) is 31.3. The van der Waals surface area contributed by atoms with Gasteiger partial charge in [-0.25, -0.2) is 0 Å². The Hall–Kier alpha value is -1.69. The molecular formula is C32H42N2U. The fraction of sp³-hybridized carbons (Fsp3) is 0.438. The van der Waals surface area contributed by atoms with E-state index in [0.717, 1.165) is 33.9 Å². The molecule has 0 fully saturated rings. The number of aliphatic imine (C=N–C) groups is 2. The molecule has 0 spiro atoms. The smallest absolute Gasteiger partial charge is 0.370 e. The zero-order valence-corrected chi connectivity index (χ0v) is 28.6. The van der Waals surface area contributed by atoms with Gasteiger partial charge in [0.25, 0.3) is 0 Å². The van der Waals surface area contributed by atoms with Crippen molar-refractivity contribution in [3.8, 4) is 0 Å². The van der Waals surface area contributed by atoms with Crippen LogP contribution >= 0.6 is 0 Å². The largest absolute Gasteiger partial charge is 2.00 e. The quantitative estimate of drug-likeness (QED) is 0.170. The summed E-state index contributed by atoms with van der Waals surface area (Å²) in [4.78, 5) is 9.91. The average Bonchev–Trinajstić information content (AvgIpc) is 2.79. The summed E-state index contributed by atoms with van der Waals surface area (Å²) < 4.78 is 0. The number of nitrogens with zero attached hydrogens (tertiary/aromatic N) is 2. The summed E-state index contributed by atoms with van der Waals surface area (Å²) in [5.41, 5.74) is 18.9. The third-order valence-electron chi connectivity index (χ3n) is 7.78. The number of hydrogen-bond acceptors (Lipinski definition) is 2. The fourth-order valence-corrected chi connectivity index (χ4v) is 4.42. The first-order valence-corrected chi connectivity index (χ1v) is 12.1. The molecule has 0 aromatic heterocycles. The zero-order valence-electron chi connectivity index (χ0n) is 24.4. The van der Waals surface area contributed by atoms with Gasteiger partial charge in [0.05, 0.1) is 11.4 Å². The molecule has 0 radical (unpaired) electrons. The average molecular weight is 693 g/mol. The summed E-state index contributed by atoms with van der Waals surface area (Å²) in [7, 11) is 0. The van der Waals surface area contributed by atoms with Gasteiger partial charge in [0.1, 0.15) is 0 Å². The minimum atomic E-state index is 0. The molecule has 0 aliphatic carbocycles. The molecule has 0 aliphatic rings. The van der Waals surface area contributed by atoms with Crippen molar-refractivity contribution >= 4 is 22.8 Å². The molecule has 35 heavy (non-hydrogen) atoms. The Bertz CT molecular complexity index is 1110. The van der Waals surface area contributed by atoms with E-state index in [0.29, 0.717) is 0 Å². The van der Waals surface area contributed by atoms with Crippen molar-refractivity contribution in [2.45, 2.75) is 96.9 Å². The maximum absolute atomic E-state index is 4.95. The van der Waals surface area contributed by atoms with Crippen LogP contribution in [0.5, 0.6) is 0 Å². The fourth-order valence-electron chi connectivity index (χ4n) is 4.42. The minimum absolute atomic E-state index is 0. The molecule has 0 amide bonds. The standard InChI is InChI=1S/C32H42N2.U/c1-17(15-19(3)33-31-27(11)23(7)21(5)24(8)28(31)12)18(2)16-20(4)34-32-29(13)25(9)22(6)26(10)30(32)14;/h1-14H3;/q-2;+2. The molecule has 184 valence electrons. The molecule has 0 saturated heterocycles. The van der Waals surface area contributed by atoms with E-state index in [1.54, 1.807) is 0 Å². The normalized spacial score (nSPS) is 13.3. The third-order valence-corrected chi connectivity index (χ3v) is 7.78. The van der Waals surface area contributed by atoms with E-state index in [-0.39, 0.29) is 31.1 Å². The van der Waals surface area contributed by atoms with E-state index in [1.807, 2.05) is 13.8 Å². The van der Waals surface area contributed by atoms with E-state index in [2.05, 4.69) is 95.2 Å². The van der Waals surface area contributed by atoms with Crippen LogP contribution in [0.1, 0.15) is 83.3 Å². The van der Waals surface area contributed by atoms with Gasteiger partial charge in [-0.1, -0.05) is 11.4 Å². The summed E-state index contributed by atoms with van der Waals surface area (Å²) in [5, 5.41) is 0. The summed E-state index contributed by atoms with van der Waals surface area (Å²) in [5.74, 6) is 0. The molecule has 0 N–H and O–H groups in total. The SMILES string of the molecule is CC(=[C-]C(C)=Nc1c(C)c(C)c(C)c(C)c1C)C(C)=[C-]C(C)=Nc1c(C)c(C)c(C)c(C)c1C.[U+2]. The first-order valence-electron chi connectivity index (χ1n) is 12.1. The van der Waals surface area contributed by atoms with Gasteiger partial charge >= 0.3 is 31.1 Å². The van der Waals surface area contributed by atoms with Crippen LogP contribution in [-0.2, 0) is 0 Å². The predicted octanol–water partition coefficient (Wildman–Crippen LogP) is 9.15. The van der Waals surface area contributed by atoms with Crippen LogP contribution < -0.4 is 0 Å². The van der Waals surface area contributed by atoms with E-state index in [1.165, 1.54) is 55.6 Å². The van der Waals surface area contributed by atoms with Crippen molar-refractivity contribution in [3.05, 3.63) is 78.9 Å². The van der Waals surface area contributed by atoms with Gasteiger partial charge < -0.3 is 23.3 Å². The van der Waals surface area contributed by atoms with Crippen LogP contribution in [0.2, 0.25) is 0 Å². The Balaban J connectivity index is 0.00000612. The van der Waals surface area contributed by atoms with Crippen molar-refractivity contribution < 1.29 is 31.1 Å². The summed E-state index contributed by atoms with van der Waals surface area (Å²) in [6, 6.07) is 0. The van der Waals surface area contributed by atoms with Crippen LogP contribution in [0, 0.1) is 113 Å². The van der Waals surface area contributed by atoms with Gasteiger partial charge in [-0.2, -0.15) is 0 Å². The van der Waals surface area contributed by atoms with Crippen LogP contribution in [0.15, 0.2) is 21.1 Å². The van der Waals surface area contributed by atoms with E-state index < -0.39 is 0 Å². The van der Waals surface area contributed by atoms with Crippen LogP contribution in [0.4, 0.5) is 11.4 Å². The molecular weight excluding hydrogens is 650 g/mol. The summed E-state index contributed by atoms with van der Waals surface area (Å²) >= 11 is 0. The summed E-state index contributed by atoms with van der Waals surface area (Å²) in [6.07, 6.45) is 6.93. The second-order valence-electron chi connectivity index (χ2n) is 9.84. The Morgan fingerprint density at radius 3 is 0.829 bits per heavy atom. The zero-order chi connectivity index (χ0) is 26.1. The van der Waals surface area contributed by atoms with Crippen LogP contribution in [0.3, 0.4) is 0 Å². The molecule has 2 aromatic carbocycles. The molecule has 2 rings (SSSR count). The molecule has 3 heteroatoms. The molecule has 0 atom stereocenters. The van der Waals surface area contributed by atoms with Crippen LogP contribution in [-0.4, -0.2) is 11.4 Å². The van der Waals surface area contributed by atoms with Crippen molar-refractivity contribution in [1.82, 2.24) is 0 Å². The Labute approximate surface area is 238 Å². The molecule has 0 aliphatic heterocycles. The van der Waals surface area contributed by atoms with Gasteiger partial charge in [-0.15, -0.1) is 13.8 Å². The maximum atomic E-state index is 4.95. The number of benzene rings is 2. The number of rotatable bonds is 5. The Kier molecular flexibility index (Phi) is 11.2. The summed E-state index contributed by atoms with van der Waals surface area (Å²) in [6.45, 7) is 29.9. The second kappa shape index (κ2) is 12.5. The second-order valence-corrected chi connectivity index (χ2v) is 9.84. The first-order chi connectivity index (χ1) is 15.7. The minimum Gasteiger partial charge on any atom is -0.370 e. The molecule has 0 saturated carbocycles. The molecule has 0 heterocycles. The van der Waals surface area contributed by atoms with Gasteiger partial charge in [0, 0.05) is 0 Å². The van der Waals surface area contributed by atoms with E-state index in [9.17, 15) is 0 Å². The van der Waals surface area contributed by atoms with Gasteiger partial charge in [-0.05, 0) is 139 Å². The molecule has 0 unspecified atom stereocenters. The van der Waals surface area contributed by atoms with Crippen LogP contribution in [0.25, 0.3) is 0 Å². The number of allylic oxidation sites excluding steroid dienone is 4. The Morgan fingerprint density at radius 2 is 0.600 bits per heavy atom. The van der Waals surface area contributed by atoms with Crippen molar-refractivity contribution in [2.24, 2.45) is 9.98 Å². The van der Waals surface area contributed by atoms with E-state index in [4.69, 9.17) is 9.98 Å². The van der Waals surface area contributed by atoms with E-state index >= 15 is 0 Å². The maximum Gasteiger partial charge on any atom is 2.00 e. The van der Waals surface area contributed by atoms with Crippen molar-refractivity contribution in [2.75, 3.05) is 0 Å². The van der Waals surface area contributed by atoms with Crippen molar-refractivity contribution in [1.29, 1.82) is 0 Å². The van der Waals surface area contributed by atoms with Gasteiger partial charge in [0.2, 0.25) is 0 Å². The third kappa shape index (κ3) is 6.75. The number of hydrogen-bond donors (Lipinski definition) is 0. The monoisotopic (exact) mass is 692 g/mol. The topological polar surface area (TPSA) is 24.7 Å². The molecule has 2 aromatic rings. The van der Waals surface area contributed by atoms with Gasteiger partial charge in [-0.3, -0.25) is 9.98 Å². The van der Waals surface area contributed by atoms with Gasteiger partial charge in [0.15, 0.2) is 0 Å². The van der Waals surface area contributed by atoms with Crippen molar-refractivity contribution in [3.63, 3.8) is 0 Å². The molecule has 2 nitrogen and oxygen atoms in total. The molecule has 0 bridgehead atoms.